The second-order valence-corrected chi connectivity index (χ2v) is 2.96. The molecule has 0 spiro atoms. The molecule has 0 heterocycles. The van der Waals surface area contributed by atoms with E-state index in [0.29, 0.717) is 0 Å². The standard InChI is InChI=1S/C10H8FNO4/c11-9-5-4-8(12(15)16)6-7(9)2-1-3-10(13)14/h1-2,4-6H,3H2,(H,13,14). The maximum atomic E-state index is 13.1. The first-order valence-corrected chi connectivity index (χ1v) is 4.33. The number of carboxylic acid groups (broad SMARTS) is 1. The van der Waals surface area contributed by atoms with Crippen LogP contribution in [0.3, 0.4) is 0 Å². The fourth-order valence-electron chi connectivity index (χ4n) is 1.06. The van der Waals surface area contributed by atoms with E-state index in [0.717, 1.165) is 18.2 Å². The summed E-state index contributed by atoms with van der Waals surface area (Å²) in [5.74, 6) is -1.69. The predicted octanol–water partition coefficient (Wildman–Crippen LogP) is 2.22. The van der Waals surface area contributed by atoms with Gasteiger partial charge in [0.05, 0.1) is 11.3 Å². The normalized spacial score (nSPS) is 10.6. The number of nitro benzene ring substituents is 1. The van der Waals surface area contributed by atoms with E-state index in [1.165, 1.54) is 12.2 Å². The van der Waals surface area contributed by atoms with Crippen molar-refractivity contribution in [1.82, 2.24) is 0 Å². The van der Waals surface area contributed by atoms with E-state index in [1.54, 1.807) is 0 Å². The van der Waals surface area contributed by atoms with Gasteiger partial charge < -0.3 is 5.11 Å². The van der Waals surface area contributed by atoms with Crippen LogP contribution in [0.4, 0.5) is 10.1 Å². The number of carbonyl (C=O) groups is 1. The first-order chi connectivity index (χ1) is 7.50. The lowest BCUT2D eigenvalue weighted by atomic mass is 10.1. The van der Waals surface area contributed by atoms with Gasteiger partial charge in [-0.1, -0.05) is 12.2 Å². The molecule has 0 bridgehead atoms. The van der Waals surface area contributed by atoms with E-state index in [2.05, 4.69) is 0 Å². The van der Waals surface area contributed by atoms with Crippen LogP contribution in [0.25, 0.3) is 6.08 Å². The molecular weight excluding hydrogens is 217 g/mol. The third-order valence-corrected chi connectivity index (χ3v) is 1.78. The lowest BCUT2D eigenvalue weighted by Crippen LogP contribution is -1.92. The highest BCUT2D eigenvalue weighted by atomic mass is 19.1. The molecule has 0 aliphatic rings. The molecule has 1 rings (SSSR count). The summed E-state index contributed by atoms with van der Waals surface area (Å²) in [4.78, 5) is 20.0. The summed E-state index contributed by atoms with van der Waals surface area (Å²) in [7, 11) is 0. The fraction of sp³-hybridized carbons (Fsp3) is 0.100. The number of nitro groups is 1. The van der Waals surface area contributed by atoms with Crippen molar-refractivity contribution in [2.24, 2.45) is 0 Å². The summed E-state index contributed by atoms with van der Waals surface area (Å²) in [5.41, 5.74) is -0.244. The van der Waals surface area contributed by atoms with Gasteiger partial charge in [0.2, 0.25) is 0 Å². The van der Waals surface area contributed by atoms with E-state index in [-0.39, 0.29) is 17.7 Å². The van der Waals surface area contributed by atoms with Crippen molar-refractivity contribution in [2.45, 2.75) is 6.42 Å². The third-order valence-electron chi connectivity index (χ3n) is 1.78. The van der Waals surface area contributed by atoms with Crippen molar-refractivity contribution in [3.8, 4) is 0 Å². The van der Waals surface area contributed by atoms with Crippen molar-refractivity contribution >= 4 is 17.7 Å². The van der Waals surface area contributed by atoms with Crippen LogP contribution < -0.4 is 0 Å². The Balaban J connectivity index is 2.94. The van der Waals surface area contributed by atoms with Gasteiger partial charge in [0.15, 0.2) is 0 Å². The SMILES string of the molecule is O=C(O)CC=Cc1cc([N+](=O)[O-])ccc1F. The molecule has 5 nitrogen and oxygen atoms in total. The van der Waals surface area contributed by atoms with E-state index in [9.17, 15) is 19.3 Å². The average molecular weight is 225 g/mol. The van der Waals surface area contributed by atoms with Crippen molar-refractivity contribution in [3.63, 3.8) is 0 Å². The van der Waals surface area contributed by atoms with E-state index >= 15 is 0 Å². The van der Waals surface area contributed by atoms with Gasteiger partial charge in [-0.3, -0.25) is 14.9 Å². The molecule has 84 valence electrons. The number of benzene rings is 1. The zero-order valence-electron chi connectivity index (χ0n) is 8.09. The molecule has 0 saturated carbocycles. The van der Waals surface area contributed by atoms with Crippen molar-refractivity contribution in [1.29, 1.82) is 0 Å². The number of halogens is 1. The molecule has 16 heavy (non-hydrogen) atoms. The lowest BCUT2D eigenvalue weighted by molar-refractivity contribution is -0.384. The van der Waals surface area contributed by atoms with Crippen LogP contribution in [-0.4, -0.2) is 16.0 Å². The number of aliphatic carboxylic acids is 1. The highest BCUT2D eigenvalue weighted by Crippen LogP contribution is 2.18. The van der Waals surface area contributed by atoms with E-state index < -0.39 is 16.7 Å². The smallest absolute Gasteiger partial charge is 0.307 e. The van der Waals surface area contributed by atoms with Crippen LogP contribution in [-0.2, 0) is 4.79 Å². The summed E-state index contributed by atoms with van der Waals surface area (Å²) < 4.78 is 13.1. The molecule has 0 aliphatic carbocycles. The largest absolute Gasteiger partial charge is 0.481 e. The quantitative estimate of drug-likeness (QED) is 0.629. The maximum absolute atomic E-state index is 13.1. The monoisotopic (exact) mass is 225 g/mol. The highest BCUT2D eigenvalue weighted by molar-refractivity contribution is 5.70. The zero-order valence-corrected chi connectivity index (χ0v) is 8.09. The number of hydrogen-bond acceptors (Lipinski definition) is 3. The predicted molar refractivity (Wildman–Crippen MR) is 54.3 cm³/mol. The van der Waals surface area contributed by atoms with E-state index in [1.807, 2.05) is 0 Å². The molecule has 0 aliphatic heterocycles. The van der Waals surface area contributed by atoms with Gasteiger partial charge in [-0.15, -0.1) is 0 Å². The van der Waals surface area contributed by atoms with Crippen LogP contribution in [0.5, 0.6) is 0 Å². The minimum Gasteiger partial charge on any atom is -0.481 e. The molecule has 0 atom stereocenters. The Labute approximate surface area is 90.0 Å². The Bertz CT molecular complexity index is 456. The minimum absolute atomic E-state index is 0.00421. The minimum atomic E-state index is -1.05. The van der Waals surface area contributed by atoms with Gasteiger partial charge in [-0.25, -0.2) is 4.39 Å². The molecule has 0 fully saturated rings. The average Bonchev–Trinajstić information content (AvgIpc) is 2.20. The van der Waals surface area contributed by atoms with Crippen molar-refractivity contribution in [3.05, 3.63) is 45.8 Å². The molecule has 0 amide bonds. The molecule has 1 N–H and O–H groups in total. The number of carboxylic acids is 1. The molecule has 0 radical (unpaired) electrons. The highest BCUT2D eigenvalue weighted by Gasteiger charge is 2.08. The van der Waals surface area contributed by atoms with Crippen LogP contribution in [0.1, 0.15) is 12.0 Å². The van der Waals surface area contributed by atoms with Crippen molar-refractivity contribution in [2.75, 3.05) is 0 Å². The lowest BCUT2D eigenvalue weighted by Gasteiger charge is -1.96. The Morgan fingerprint density at radius 1 is 1.56 bits per heavy atom. The number of non-ortho nitro benzene ring substituents is 1. The van der Waals surface area contributed by atoms with Gasteiger partial charge in [-0.05, 0) is 6.07 Å². The van der Waals surface area contributed by atoms with E-state index in [4.69, 9.17) is 5.11 Å². The Kier molecular flexibility index (Phi) is 3.71. The van der Waals surface area contributed by atoms with Crippen LogP contribution in [0, 0.1) is 15.9 Å². The summed E-state index contributed by atoms with van der Waals surface area (Å²) in [5, 5.41) is 18.8. The van der Waals surface area contributed by atoms with Crippen LogP contribution in [0.2, 0.25) is 0 Å². The maximum Gasteiger partial charge on any atom is 0.307 e. The second-order valence-electron chi connectivity index (χ2n) is 2.96. The topological polar surface area (TPSA) is 80.4 Å². The summed E-state index contributed by atoms with van der Waals surface area (Å²) in [6.45, 7) is 0. The Hall–Kier alpha value is -2.24. The molecule has 0 unspecified atom stereocenters. The number of hydrogen-bond donors (Lipinski definition) is 1. The summed E-state index contributed by atoms with van der Waals surface area (Å²) in [6, 6.07) is 3.07. The molecular formula is C10H8FNO4. The summed E-state index contributed by atoms with van der Waals surface area (Å²) in [6.07, 6.45) is 2.17. The second kappa shape index (κ2) is 5.01. The third kappa shape index (κ3) is 3.16. The molecule has 1 aromatic rings. The van der Waals surface area contributed by atoms with Crippen molar-refractivity contribution < 1.29 is 19.2 Å². The fourth-order valence-corrected chi connectivity index (χ4v) is 1.06. The molecule has 1 aromatic carbocycles. The summed E-state index contributed by atoms with van der Waals surface area (Å²) >= 11 is 0. The molecule has 6 heteroatoms. The van der Waals surface area contributed by atoms with Crippen LogP contribution >= 0.6 is 0 Å². The first-order valence-electron chi connectivity index (χ1n) is 4.33. The van der Waals surface area contributed by atoms with Gasteiger partial charge in [-0.2, -0.15) is 0 Å². The number of nitrogens with zero attached hydrogens (tertiary/aromatic N) is 1. The first kappa shape index (κ1) is 11.8. The molecule has 0 saturated heterocycles. The number of rotatable bonds is 4. The van der Waals surface area contributed by atoms with Gasteiger partial charge in [0.25, 0.3) is 5.69 Å². The van der Waals surface area contributed by atoms with Gasteiger partial charge in [0, 0.05) is 17.7 Å². The zero-order chi connectivity index (χ0) is 12.1. The van der Waals surface area contributed by atoms with Crippen LogP contribution in [0.15, 0.2) is 24.3 Å². The Morgan fingerprint density at radius 2 is 2.25 bits per heavy atom. The molecule has 0 aromatic heterocycles. The Morgan fingerprint density at radius 3 is 2.81 bits per heavy atom. The van der Waals surface area contributed by atoms with Gasteiger partial charge in [0.1, 0.15) is 5.82 Å². The van der Waals surface area contributed by atoms with Gasteiger partial charge >= 0.3 is 5.97 Å².